The van der Waals surface area contributed by atoms with Crippen molar-refractivity contribution < 1.29 is 22.7 Å². The molecule has 0 heterocycles. The van der Waals surface area contributed by atoms with Crippen LogP contribution in [0.2, 0.25) is 0 Å². The van der Waals surface area contributed by atoms with Gasteiger partial charge in [0.25, 0.3) is 0 Å². The van der Waals surface area contributed by atoms with Crippen LogP contribution in [-0.4, -0.2) is 46.4 Å². The van der Waals surface area contributed by atoms with Crippen molar-refractivity contribution in [1.29, 1.82) is 0 Å². The number of hydrogen-bond donors (Lipinski definition) is 1. The Labute approximate surface area is 138 Å². The zero-order valence-electron chi connectivity index (χ0n) is 14.0. The zero-order valence-corrected chi connectivity index (χ0v) is 14.9. The van der Waals surface area contributed by atoms with Gasteiger partial charge in [-0.3, -0.25) is 4.79 Å². The van der Waals surface area contributed by atoms with Gasteiger partial charge in [-0.25, -0.2) is 8.42 Å². The average Bonchev–Trinajstić information content (AvgIpc) is 2.50. The minimum absolute atomic E-state index is 0.0417. The van der Waals surface area contributed by atoms with E-state index in [9.17, 15) is 13.2 Å². The molecule has 0 spiro atoms. The molecule has 0 aliphatic rings. The van der Waals surface area contributed by atoms with Crippen LogP contribution in [0.1, 0.15) is 20.8 Å². The van der Waals surface area contributed by atoms with Crippen LogP contribution in [0.25, 0.3) is 0 Å². The lowest BCUT2D eigenvalue weighted by atomic mass is 10.0. The van der Waals surface area contributed by atoms with Crippen molar-refractivity contribution in [2.75, 3.05) is 26.0 Å². The Morgan fingerprint density at radius 2 is 2.00 bits per heavy atom. The lowest BCUT2D eigenvalue weighted by Crippen LogP contribution is -2.39. The summed E-state index contributed by atoms with van der Waals surface area (Å²) in [5.74, 6) is 0.0265. The maximum atomic E-state index is 11.6. The molecule has 0 aliphatic carbocycles. The molecule has 0 aromatic heterocycles. The van der Waals surface area contributed by atoms with E-state index in [4.69, 9.17) is 9.47 Å². The van der Waals surface area contributed by atoms with Crippen molar-refractivity contribution in [3.05, 3.63) is 24.3 Å². The van der Waals surface area contributed by atoms with Gasteiger partial charge in [0, 0.05) is 18.8 Å². The lowest BCUT2D eigenvalue weighted by Gasteiger charge is -2.20. The highest BCUT2D eigenvalue weighted by Gasteiger charge is 2.20. The summed E-state index contributed by atoms with van der Waals surface area (Å²) in [5.41, 5.74) is 0. The minimum Gasteiger partial charge on any atom is -0.492 e. The van der Waals surface area contributed by atoms with Crippen molar-refractivity contribution in [2.24, 2.45) is 5.92 Å². The number of sulfone groups is 1. The van der Waals surface area contributed by atoms with Gasteiger partial charge in [-0.15, -0.1) is 0 Å². The van der Waals surface area contributed by atoms with Crippen LogP contribution >= 0.6 is 0 Å². The normalized spacial score (nSPS) is 14.1. The van der Waals surface area contributed by atoms with Crippen LogP contribution < -0.4 is 10.1 Å². The molecule has 0 amide bonds. The van der Waals surface area contributed by atoms with E-state index in [0.717, 1.165) is 6.26 Å². The first-order valence-corrected chi connectivity index (χ1v) is 9.47. The highest BCUT2D eigenvalue weighted by Crippen LogP contribution is 2.17. The Bertz CT molecular complexity index is 615. The maximum absolute atomic E-state index is 11.6. The van der Waals surface area contributed by atoms with Gasteiger partial charge < -0.3 is 14.8 Å². The van der Waals surface area contributed by atoms with E-state index >= 15 is 0 Å². The van der Waals surface area contributed by atoms with Crippen molar-refractivity contribution in [3.8, 4) is 5.75 Å². The van der Waals surface area contributed by atoms with Gasteiger partial charge in [-0.2, -0.15) is 0 Å². The van der Waals surface area contributed by atoms with Gasteiger partial charge in [0.15, 0.2) is 9.84 Å². The van der Waals surface area contributed by atoms with Crippen LogP contribution in [0.3, 0.4) is 0 Å². The molecule has 23 heavy (non-hydrogen) atoms. The standard InChI is InChI=1S/C16H25NO5S/c1-5-21-16(18)12(2)13(3)17-9-10-22-14-7-6-8-15(11-14)23(4,19)20/h6-8,11-13,17H,5,9-10H2,1-4H3. The van der Waals surface area contributed by atoms with E-state index in [1.165, 1.54) is 12.1 Å². The quantitative estimate of drug-likeness (QED) is 0.542. The molecule has 6 nitrogen and oxygen atoms in total. The maximum Gasteiger partial charge on any atom is 0.310 e. The number of esters is 1. The summed E-state index contributed by atoms with van der Waals surface area (Å²) in [6.45, 7) is 6.77. The summed E-state index contributed by atoms with van der Waals surface area (Å²) in [6, 6.07) is 6.34. The first-order chi connectivity index (χ1) is 10.8. The van der Waals surface area contributed by atoms with Crippen molar-refractivity contribution in [1.82, 2.24) is 5.32 Å². The lowest BCUT2D eigenvalue weighted by molar-refractivity contribution is -0.148. The highest BCUT2D eigenvalue weighted by atomic mass is 32.2. The van der Waals surface area contributed by atoms with Crippen LogP contribution in [-0.2, 0) is 19.4 Å². The summed E-state index contributed by atoms with van der Waals surface area (Å²) in [7, 11) is -3.24. The molecule has 2 unspecified atom stereocenters. The molecular formula is C16H25NO5S. The van der Waals surface area contributed by atoms with Crippen LogP contribution in [0.5, 0.6) is 5.75 Å². The van der Waals surface area contributed by atoms with Gasteiger partial charge in [0.2, 0.25) is 0 Å². The number of carbonyl (C=O) groups excluding carboxylic acids is 1. The Morgan fingerprint density at radius 3 is 2.61 bits per heavy atom. The van der Waals surface area contributed by atoms with Gasteiger partial charge in [0.05, 0.1) is 17.4 Å². The predicted octanol–water partition coefficient (Wildman–Crippen LogP) is 1.65. The fourth-order valence-electron chi connectivity index (χ4n) is 1.90. The summed E-state index contributed by atoms with van der Waals surface area (Å²) < 4.78 is 33.5. The molecule has 0 fully saturated rings. The molecule has 0 saturated carbocycles. The van der Waals surface area contributed by atoms with E-state index in [2.05, 4.69) is 5.32 Å². The van der Waals surface area contributed by atoms with Gasteiger partial charge >= 0.3 is 5.97 Å². The second-order valence-corrected chi connectivity index (χ2v) is 7.39. The third-order valence-corrected chi connectivity index (χ3v) is 4.59. The van der Waals surface area contributed by atoms with Gasteiger partial charge in [-0.05, 0) is 32.0 Å². The van der Waals surface area contributed by atoms with Crippen LogP contribution in [0.4, 0.5) is 0 Å². The number of carbonyl (C=O) groups is 1. The molecule has 2 atom stereocenters. The van der Waals surface area contributed by atoms with E-state index in [-0.39, 0.29) is 22.8 Å². The molecular weight excluding hydrogens is 318 g/mol. The minimum atomic E-state index is -3.24. The number of benzene rings is 1. The average molecular weight is 343 g/mol. The fraction of sp³-hybridized carbons (Fsp3) is 0.562. The topological polar surface area (TPSA) is 81.7 Å². The van der Waals surface area contributed by atoms with E-state index in [1.807, 2.05) is 13.8 Å². The molecule has 0 aliphatic heterocycles. The number of hydrogen-bond acceptors (Lipinski definition) is 6. The molecule has 1 rings (SSSR count). The molecule has 1 aromatic carbocycles. The van der Waals surface area contributed by atoms with Gasteiger partial charge in [-0.1, -0.05) is 13.0 Å². The monoisotopic (exact) mass is 343 g/mol. The number of nitrogens with one attached hydrogen (secondary N) is 1. The Morgan fingerprint density at radius 1 is 1.30 bits per heavy atom. The summed E-state index contributed by atoms with van der Waals surface area (Å²) >= 11 is 0. The van der Waals surface area contributed by atoms with E-state index in [1.54, 1.807) is 19.1 Å². The Balaban J connectivity index is 2.42. The molecule has 1 N–H and O–H groups in total. The number of rotatable bonds is 9. The van der Waals surface area contributed by atoms with Gasteiger partial charge in [0.1, 0.15) is 12.4 Å². The molecule has 0 saturated heterocycles. The Hall–Kier alpha value is -1.60. The predicted molar refractivity (Wildman–Crippen MR) is 88.3 cm³/mol. The SMILES string of the molecule is CCOC(=O)C(C)C(C)NCCOc1cccc(S(C)(=O)=O)c1. The van der Waals surface area contributed by atoms with Crippen molar-refractivity contribution >= 4 is 15.8 Å². The Kier molecular flexibility index (Phi) is 7.51. The van der Waals surface area contributed by atoms with Crippen molar-refractivity contribution in [3.63, 3.8) is 0 Å². The van der Waals surface area contributed by atoms with Crippen LogP contribution in [0, 0.1) is 5.92 Å². The summed E-state index contributed by atoms with van der Waals surface area (Å²) in [6.07, 6.45) is 1.16. The number of ether oxygens (including phenoxy) is 2. The highest BCUT2D eigenvalue weighted by molar-refractivity contribution is 7.90. The van der Waals surface area contributed by atoms with Crippen molar-refractivity contribution in [2.45, 2.75) is 31.7 Å². The second kappa shape index (κ2) is 8.88. The largest absolute Gasteiger partial charge is 0.492 e. The van der Waals surface area contributed by atoms with E-state index < -0.39 is 9.84 Å². The summed E-state index contributed by atoms with van der Waals surface area (Å²) in [4.78, 5) is 11.8. The first kappa shape index (κ1) is 19.4. The third-order valence-electron chi connectivity index (χ3n) is 3.48. The summed E-state index contributed by atoms with van der Waals surface area (Å²) in [5, 5.41) is 3.19. The smallest absolute Gasteiger partial charge is 0.310 e. The molecule has 0 bridgehead atoms. The molecule has 130 valence electrons. The van der Waals surface area contributed by atoms with E-state index in [0.29, 0.717) is 25.5 Å². The molecule has 1 aromatic rings. The fourth-order valence-corrected chi connectivity index (χ4v) is 2.56. The second-order valence-electron chi connectivity index (χ2n) is 5.38. The zero-order chi connectivity index (χ0) is 17.5. The molecule has 0 radical (unpaired) electrons. The first-order valence-electron chi connectivity index (χ1n) is 7.58. The molecule has 7 heteroatoms. The third kappa shape index (κ3) is 6.58. The van der Waals surface area contributed by atoms with Crippen LogP contribution in [0.15, 0.2) is 29.2 Å².